The molecule has 0 amide bonds. The molecule has 1 atom stereocenters. The molecule has 0 N–H and O–H groups in total. The molecular weight excluding hydrogens is 108 g/mol. The number of carbonyl (C=O) groups excluding carboxylic acids is 1. The number of rotatable bonds is 3. The van der Waals surface area contributed by atoms with Gasteiger partial charge >= 0.3 is 0 Å². The Hall–Kier alpha value is -0.630. The highest BCUT2D eigenvalue weighted by Gasteiger charge is 1.95. The first-order valence-electron chi connectivity index (χ1n) is 2.29. The van der Waals surface area contributed by atoms with Gasteiger partial charge in [-0.1, -0.05) is 0 Å². The van der Waals surface area contributed by atoms with Gasteiger partial charge in [-0.15, -0.1) is 0 Å². The second-order valence-electron chi connectivity index (χ2n) is 1.11. The van der Waals surface area contributed by atoms with Gasteiger partial charge in [0.05, 0.1) is 6.08 Å². The van der Waals surface area contributed by atoms with E-state index in [0.29, 0.717) is 6.61 Å². The van der Waals surface area contributed by atoms with Crippen LogP contribution >= 0.6 is 0 Å². The van der Waals surface area contributed by atoms with E-state index in [2.05, 4.69) is 4.74 Å². The normalized spacial score (nSPS) is 12.2. The van der Waals surface area contributed by atoms with Crippen LogP contribution in [0.25, 0.3) is 0 Å². The van der Waals surface area contributed by atoms with Crippen molar-refractivity contribution < 1.29 is 14.6 Å². The molecule has 0 aromatic rings. The lowest BCUT2D eigenvalue weighted by Gasteiger charge is -1.97. The van der Waals surface area contributed by atoms with E-state index in [1.54, 1.807) is 6.92 Å². The molecule has 0 saturated heterocycles. The molecule has 0 aliphatic heterocycles. The maximum atomic E-state index is 10.2. The third kappa shape index (κ3) is 3.56. The SMILES string of the molecule is CCOC([O])C=C=O. The number of ether oxygens (including phenoxy) is 1. The van der Waals surface area contributed by atoms with Crippen LogP contribution in [0.1, 0.15) is 6.92 Å². The zero-order valence-corrected chi connectivity index (χ0v) is 4.59. The minimum atomic E-state index is -1.34. The summed E-state index contributed by atoms with van der Waals surface area (Å²) in [5.41, 5.74) is 0. The van der Waals surface area contributed by atoms with E-state index in [0.717, 1.165) is 6.08 Å². The fourth-order valence-corrected chi connectivity index (χ4v) is 0.268. The summed E-state index contributed by atoms with van der Waals surface area (Å²) in [6, 6.07) is 0. The topological polar surface area (TPSA) is 46.2 Å². The van der Waals surface area contributed by atoms with Crippen molar-refractivity contribution in [2.75, 3.05) is 6.61 Å². The van der Waals surface area contributed by atoms with Crippen molar-refractivity contribution in [3.05, 3.63) is 6.08 Å². The van der Waals surface area contributed by atoms with E-state index in [4.69, 9.17) is 0 Å². The Balaban J connectivity index is 3.31. The minimum absolute atomic E-state index is 0.326. The Morgan fingerprint density at radius 1 is 1.88 bits per heavy atom. The molecule has 0 fully saturated rings. The molecule has 0 aliphatic carbocycles. The molecule has 0 spiro atoms. The van der Waals surface area contributed by atoms with E-state index in [1.165, 1.54) is 5.94 Å². The van der Waals surface area contributed by atoms with Crippen molar-refractivity contribution in [1.29, 1.82) is 0 Å². The van der Waals surface area contributed by atoms with Crippen LogP contribution in [0.15, 0.2) is 6.08 Å². The lowest BCUT2D eigenvalue weighted by molar-refractivity contribution is -0.101. The van der Waals surface area contributed by atoms with Crippen LogP contribution in [0.3, 0.4) is 0 Å². The quantitative estimate of drug-likeness (QED) is 0.388. The molecule has 0 saturated carbocycles. The largest absolute Gasteiger partial charge is 0.346 e. The molecule has 3 heteroatoms. The number of hydrogen-bond donors (Lipinski definition) is 0. The third-order valence-electron chi connectivity index (χ3n) is 0.535. The Morgan fingerprint density at radius 3 is 2.88 bits per heavy atom. The van der Waals surface area contributed by atoms with Crippen LogP contribution in [-0.4, -0.2) is 18.8 Å². The summed E-state index contributed by atoms with van der Waals surface area (Å²) in [7, 11) is 0. The van der Waals surface area contributed by atoms with Crippen LogP contribution in [0.5, 0.6) is 0 Å². The van der Waals surface area contributed by atoms with Gasteiger partial charge in [-0.05, 0) is 6.92 Å². The van der Waals surface area contributed by atoms with Gasteiger partial charge in [-0.2, -0.15) is 5.11 Å². The lowest BCUT2D eigenvalue weighted by Crippen LogP contribution is -2.05. The maximum absolute atomic E-state index is 10.2. The molecule has 1 unspecified atom stereocenters. The van der Waals surface area contributed by atoms with Gasteiger partial charge < -0.3 is 4.74 Å². The van der Waals surface area contributed by atoms with Crippen LogP contribution in [0, 0.1) is 0 Å². The van der Waals surface area contributed by atoms with Gasteiger partial charge in [0.25, 0.3) is 0 Å². The van der Waals surface area contributed by atoms with E-state index in [-0.39, 0.29) is 0 Å². The van der Waals surface area contributed by atoms with Crippen molar-refractivity contribution in [1.82, 2.24) is 0 Å². The average molecular weight is 115 g/mol. The molecule has 3 nitrogen and oxygen atoms in total. The van der Waals surface area contributed by atoms with Gasteiger partial charge in [0.2, 0.25) is 6.29 Å². The predicted octanol–water partition coefficient (Wildman–Crippen LogP) is 0.167. The Labute approximate surface area is 47.6 Å². The fourth-order valence-electron chi connectivity index (χ4n) is 0.268. The molecule has 0 aromatic carbocycles. The third-order valence-corrected chi connectivity index (χ3v) is 0.535. The first-order valence-corrected chi connectivity index (χ1v) is 2.29. The van der Waals surface area contributed by atoms with Crippen molar-refractivity contribution in [2.24, 2.45) is 0 Å². The second kappa shape index (κ2) is 4.53. The van der Waals surface area contributed by atoms with Gasteiger partial charge in [-0.25, -0.2) is 4.79 Å². The molecule has 8 heavy (non-hydrogen) atoms. The zero-order valence-electron chi connectivity index (χ0n) is 4.59. The molecule has 0 rings (SSSR count). The van der Waals surface area contributed by atoms with Crippen molar-refractivity contribution >= 4 is 5.94 Å². The van der Waals surface area contributed by atoms with Gasteiger partial charge in [-0.3, -0.25) is 0 Å². The van der Waals surface area contributed by atoms with E-state index < -0.39 is 6.29 Å². The summed E-state index contributed by atoms with van der Waals surface area (Å²) >= 11 is 0. The minimum Gasteiger partial charge on any atom is -0.346 e. The predicted molar refractivity (Wildman–Crippen MR) is 26.4 cm³/mol. The van der Waals surface area contributed by atoms with Crippen molar-refractivity contribution in [3.63, 3.8) is 0 Å². The highest BCUT2D eigenvalue weighted by atomic mass is 16.6. The standard InChI is InChI=1S/C5H7O3/c1-2-8-5(7)3-4-6/h3,5H,2H2,1H3. The van der Waals surface area contributed by atoms with Gasteiger partial charge in [0.1, 0.15) is 5.94 Å². The Morgan fingerprint density at radius 2 is 2.50 bits per heavy atom. The Kier molecular flexibility index (Phi) is 4.17. The van der Waals surface area contributed by atoms with Gasteiger partial charge in [0, 0.05) is 6.61 Å². The van der Waals surface area contributed by atoms with Crippen molar-refractivity contribution in [2.45, 2.75) is 13.2 Å². The molecule has 45 valence electrons. The maximum Gasteiger partial charge on any atom is 0.221 e. The van der Waals surface area contributed by atoms with Crippen molar-refractivity contribution in [3.8, 4) is 0 Å². The van der Waals surface area contributed by atoms with E-state index in [1.807, 2.05) is 0 Å². The first-order chi connectivity index (χ1) is 3.81. The smallest absolute Gasteiger partial charge is 0.221 e. The second-order valence-corrected chi connectivity index (χ2v) is 1.11. The molecule has 0 aliphatic rings. The summed E-state index contributed by atoms with van der Waals surface area (Å²) in [6.07, 6.45) is -0.541. The summed E-state index contributed by atoms with van der Waals surface area (Å²) in [6.45, 7) is 2.01. The first kappa shape index (κ1) is 7.37. The molecule has 1 radical (unpaired) electrons. The molecule has 0 aromatic heterocycles. The molecule has 0 bridgehead atoms. The lowest BCUT2D eigenvalue weighted by atomic mass is 10.6. The highest BCUT2D eigenvalue weighted by Crippen LogP contribution is 1.84. The van der Waals surface area contributed by atoms with Crippen LogP contribution in [0.2, 0.25) is 0 Å². The van der Waals surface area contributed by atoms with E-state index >= 15 is 0 Å². The fraction of sp³-hybridized carbons (Fsp3) is 0.600. The van der Waals surface area contributed by atoms with E-state index in [9.17, 15) is 9.90 Å². The molecule has 0 heterocycles. The summed E-state index contributed by atoms with van der Waals surface area (Å²) in [4.78, 5) is 9.43. The zero-order chi connectivity index (χ0) is 6.41. The van der Waals surface area contributed by atoms with Crippen LogP contribution < -0.4 is 0 Å². The summed E-state index contributed by atoms with van der Waals surface area (Å²) in [5, 5.41) is 10.2. The number of hydrogen-bond acceptors (Lipinski definition) is 2. The highest BCUT2D eigenvalue weighted by molar-refractivity contribution is 5.45. The van der Waals surface area contributed by atoms with Gasteiger partial charge in [0.15, 0.2) is 0 Å². The van der Waals surface area contributed by atoms with Crippen LogP contribution in [0.4, 0.5) is 0 Å². The Bertz CT molecular complexity index is 93.8. The average Bonchev–Trinajstić information content (AvgIpc) is 1.68. The summed E-state index contributed by atoms with van der Waals surface area (Å²) < 4.78 is 4.41. The van der Waals surface area contributed by atoms with Crippen LogP contribution in [-0.2, 0) is 14.6 Å². The monoisotopic (exact) mass is 115 g/mol. The molecular formula is C5H7O3. The summed E-state index contributed by atoms with van der Waals surface area (Å²) in [5.74, 6) is 1.34.